The summed E-state index contributed by atoms with van der Waals surface area (Å²) in [5, 5.41) is 59.1. The molecule has 1 saturated heterocycles. The van der Waals surface area contributed by atoms with Gasteiger partial charge in [-0.25, -0.2) is 9.78 Å². The molecule has 5 aromatic heterocycles. The lowest BCUT2D eigenvalue weighted by atomic mass is 9.71. The van der Waals surface area contributed by atoms with Crippen LogP contribution in [0, 0.1) is 18.8 Å². The molecule has 9 rings (SSSR count). The first-order chi connectivity index (χ1) is 28.4. The number of H-pyrrole nitrogens is 2. The molecule has 16 heteroatoms. The number of ether oxygens (including phenoxy) is 1. The van der Waals surface area contributed by atoms with Crippen LogP contribution in [-0.4, -0.2) is 106 Å². The second kappa shape index (κ2) is 15.1. The first kappa shape index (κ1) is 39.3. The first-order valence-electron chi connectivity index (χ1n) is 20.1. The van der Waals surface area contributed by atoms with Gasteiger partial charge in [-0.2, -0.15) is 0 Å². The number of aliphatic hydroxyl groups excluding tert-OH is 4. The summed E-state index contributed by atoms with van der Waals surface area (Å²) < 4.78 is 17.3. The second-order valence-electron chi connectivity index (χ2n) is 16.3. The van der Waals surface area contributed by atoms with Crippen molar-refractivity contribution in [1.29, 1.82) is 0 Å². The molecule has 1 amide bonds. The highest BCUT2D eigenvalue weighted by molar-refractivity contribution is 5.92. The van der Waals surface area contributed by atoms with Gasteiger partial charge in [0.2, 0.25) is 5.91 Å². The minimum Gasteiger partial charge on any atom is -0.481 e. The standard InChI is InChI=1S/C43H49N5O11/c1-3-31-27-6-10-45-30(27)19-48(31)38-39-25(14-28-33(50)13-23(2)57-40(28)38)15-36(42(58-39)9-4-5-24(17-42)26-16-37(53)46-18-26)59-56-21-35(52)43(55,41(54)34(51)20-49)22-47-12-8-29-32(47)7-11-44-29/h4-8,10-14,19,24,26,34-36,41,44-45,49,51-52,54-55H,3,9,15-18,20-22H2,1-2H3,(H,46,53). The number of amides is 1. The van der Waals surface area contributed by atoms with E-state index in [1.807, 2.05) is 29.1 Å². The van der Waals surface area contributed by atoms with Gasteiger partial charge in [-0.15, -0.1) is 0 Å². The van der Waals surface area contributed by atoms with Crippen molar-refractivity contribution in [2.75, 3.05) is 19.8 Å². The Kier molecular flexibility index (Phi) is 10.1. The lowest BCUT2D eigenvalue weighted by Crippen LogP contribution is -2.61. The second-order valence-corrected chi connectivity index (χ2v) is 16.3. The summed E-state index contributed by atoms with van der Waals surface area (Å²) in [6.07, 6.45) is 7.00. The Hall–Kier alpha value is -5.20. The highest BCUT2D eigenvalue weighted by Gasteiger charge is 2.52. The normalized spacial score (nSPS) is 24.4. The average molecular weight is 812 g/mol. The van der Waals surface area contributed by atoms with Gasteiger partial charge < -0.3 is 59.1 Å². The van der Waals surface area contributed by atoms with E-state index < -0.39 is 48.8 Å². The summed E-state index contributed by atoms with van der Waals surface area (Å²) >= 11 is 0. The molecule has 7 heterocycles. The summed E-state index contributed by atoms with van der Waals surface area (Å²) in [6, 6.07) is 8.76. The monoisotopic (exact) mass is 811 g/mol. The Morgan fingerprint density at radius 2 is 1.88 bits per heavy atom. The van der Waals surface area contributed by atoms with E-state index in [0.29, 0.717) is 71.5 Å². The van der Waals surface area contributed by atoms with Crippen molar-refractivity contribution in [2.45, 2.75) is 88.1 Å². The van der Waals surface area contributed by atoms with Crippen molar-refractivity contribution in [2.24, 2.45) is 11.8 Å². The molecule has 1 aliphatic carbocycles. The van der Waals surface area contributed by atoms with Gasteiger partial charge in [-0.3, -0.25) is 9.59 Å². The molecule has 1 spiro atoms. The lowest BCUT2D eigenvalue weighted by Gasteiger charge is -2.47. The number of aromatic nitrogens is 4. The van der Waals surface area contributed by atoms with E-state index in [1.54, 1.807) is 42.1 Å². The molecule has 1 fully saturated rings. The third kappa shape index (κ3) is 6.68. The molecule has 8 unspecified atom stereocenters. The topological polar surface area (TPSA) is 230 Å². The Morgan fingerprint density at radius 3 is 2.66 bits per heavy atom. The maximum atomic E-state index is 13.7. The van der Waals surface area contributed by atoms with Crippen LogP contribution in [0.3, 0.4) is 0 Å². The summed E-state index contributed by atoms with van der Waals surface area (Å²) in [6.45, 7) is 2.43. The molecular formula is C43H49N5O11. The molecule has 0 saturated carbocycles. The SMILES string of the molecule is CCc1c2cc[nH]c2cn1-c1c2c(cc3c(=O)cc(C)oc13)CC(OOCC(O)C(O)(Cn1ccc3[nH]ccc31)C(O)C(O)CO)C1(CC=CC(C3CNC(=O)C3)C1)O2. The van der Waals surface area contributed by atoms with E-state index in [2.05, 4.69) is 28.3 Å². The Balaban J connectivity index is 1.09. The fourth-order valence-corrected chi connectivity index (χ4v) is 9.49. The summed E-state index contributed by atoms with van der Waals surface area (Å²) in [4.78, 5) is 44.5. The van der Waals surface area contributed by atoms with E-state index in [0.717, 1.165) is 22.1 Å². The van der Waals surface area contributed by atoms with Gasteiger partial charge in [0.05, 0.1) is 35.1 Å². The number of carbonyl (C=O) groups excluding carboxylic acids is 1. The highest BCUT2D eigenvalue weighted by Crippen LogP contribution is 2.49. The van der Waals surface area contributed by atoms with Crippen LogP contribution in [0.25, 0.3) is 38.6 Å². The number of rotatable bonds is 13. The van der Waals surface area contributed by atoms with Crippen molar-refractivity contribution in [3.05, 3.63) is 94.5 Å². The fraction of sp³-hybridized carbons (Fsp3) is 0.442. The number of carbonyl (C=O) groups is 1. The van der Waals surface area contributed by atoms with Gasteiger partial charge in [-0.1, -0.05) is 19.1 Å². The lowest BCUT2D eigenvalue weighted by molar-refractivity contribution is -0.367. The fourth-order valence-electron chi connectivity index (χ4n) is 9.49. The smallest absolute Gasteiger partial charge is 0.220 e. The number of aryl methyl sites for hydroxylation is 2. The minimum atomic E-state index is -2.42. The zero-order chi connectivity index (χ0) is 41.2. The molecule has 16 nitrogen and oxygen atoms in total. The molecule has 312 valence electrons. The molecule has 0 bridgehead atoms. The van der Waals surface area contributed by atoms with Crippen LogP contribution in [0.4, 0.5) is 0 Å². The maximum Gasteiger partial charge on any atom is 0.220 e. The average Bonchev–Trinajstić information content (AvgIpc) is 4.07. The number of hydrogen-bond acceptors (Lipinski definition) is 11. The molecule has 8 atom stereocenters. The van der Waals surface area contributed by atoms with Gasteiger partial charge in [0.25, 0.3) is 0 Å². The van der Waals surface area contributed by atoms with Crippen LogP contribution in [-0.2, 0) is 34.0 Å². The Bertz CT molecular complexity index is 2620. The van der Waals surface area contributed by atoms with E-state index in [-0.39, 0.29) is 36.1 Å². The van der Waals surface area contributed by atoms with Crippen LogP contribution in [0.15, 0.2) is 76.5 Å². The summed E-state index contributed by atoms with van der Waals surface area (Å²) in [5.41, 5.74) is 1.24. The molecule has 1 aromatic carbocycles. The molecular weight excluding hydrogens is 762 g/mol. The van der Waals surface area contributed by atoms with Crippen molar-refractivity contribution in [3.8, 4) is 11.4 Å². The molecule has 59 heavy (non-hydrogen) atoms. The number of allylic oxidation sites excluding steroid dienone is 1. The van der Waals surface area contributed by atoms with Crippen molar-refractivity contribution in [3.63, 3.8) is 0 Å². The van der Waals surface area contributed by atoms with Crippen molar-refractivity contribution < 1.29 is 49.3 Å². The van der Waals surface area contributed by atoms with Crippen molar-refractivity contribution in [1.82, 2.24) is 24.4 Å². The molecule has 2 aliphatic heterocycles. The van der Waals surface area contributed by atoms with Crippen molar-refractivity contribution >= 4 is 38.8 Å². The van der Waals surface area contributed by atoms with Crippen LogP contribution in [0.2, 0.25) is 0 Å². The van der Waals surface area contributed by atoms with Gasteiger partial charge in [0.15, 0.2) is 16.8 Å². The number of benzene rings is 1. The van der Waals surface area contributed by atoms with E-state index in [9.17, 15) is 35.1 Å². The number of hydrogen-bond donors (Lipinski definition) is 8. The molecule has 8 N–H and O–H groups in total. The van der Waals surface area contributed by atoms with Crippen LogP contribution in [0.1, 0.15) is 43.2 Å². The third-order valence-electron chi connectivity index (χ3n) is 12.7. The molecule has 0 radical (unpaired) electrons. The Morgan fingerprint density at radius 1 is 1.07 bits per heavy atom. The van der Waals surface area contributed by atoms with Crippen LogP contribution in [0.5, 0.6) is 5.75 Å². The van der Waals surface area contributed by atoms with Gasteiger partial charge in [0.1, 0.15) is 53.7 Å². The number of nitrogens with zero attached hydrogens (tertiary/aromatic N) is 2. The predicted molar refractivity (Wildman–Crippen MR) is 215 cm³/mol. The minimum absolute atomic E-state index is 0.00709. The largest absolute Gasteiger partial charge is 0.481 e. The zero-order valence-electron chi connectivity index (χ0n) is 32.8. The number of fused-ring (bicyclic) bond motifs is 4. The van der Waals surface area contributed by atoms with Crippen LogP contribution < -0.4 is 15.5 Å². The van der Waals surface area contributed by atoms with E-state index >= 15 is 0 Å². The number of aromatic amines is 2. The maximum absolute atomic E-state index is 13.7. The Labute approximate surface area is 337 Å². The quantitative estimate of drug-likeness (QED) is 0.0481. The number of nitrogens with one attached hydrogen (secondary N) is 3. The predicted octanol–water partition coefficient (Wildman–Crippen LogP) is 2.82. The molecule has 6 aromatic rings. The van der Waals surface area contributed by atoms with Crippen LogP contribution >= 0.6 is 0 Å². The number of aliphatic hydroxyl groups is 5. The summed E-state index contributed by atoms with van der Waals surface area (Å²) in [7, 11) is 0. The van der Waals surface area contributed by atoms with E-state index in [4.69, 9.17) is 18.9 Å². The third-order valence-corrected chi connectivity index (χ3v) is 12.7. The highest BCUT2D eigenvalue weighted by atomic mass is 17.2. The first-order valence-corrected chi connectivity index (χ1v) is 20.1. The van der Waals surface area contributed by atoms with Gasteiger partial charge >= 0.3 is 0 Å². The summed E-state index contributed by atoms with van der Waals surface area (Å²) in [5.74, 6) is 0.881. The van der Waals surface area contributed by atoms with Gasteiger partial charge in [-0.05, 0) is 55.9 Å². The van der Waals surface area contributed by atoms with Gasteiger partial charge in [0, 0.05) is 73.3 Å². The van der Waals surface area contributed by atoms with E-state index in [1.165, 1.54) is 6.07 Å². The molecule has 3 aliphatic rings. The zero-order valence-corrected chi connectivity index (χ0v) is 32.8.